The fourth-order valence-electron chi connectivity index (χ4n) is 6.21. The lowest BCUT2D eigenvalue weighted by Crippen LogP contribution is -2.45. The summed E-state index contributed by atoms with van der Waals surface area (Å²) in [6.45, 7) is 6.05. The Morgan fingerprint density at radius 1 is 1.07 bits per heavy atom. The van der Waals surface area contributed by atoms with Crippen LogP contribution in [0.2, 0.25) is 0 Å². The molecule has 152 valence electrons. The summed E-state index contributed by atoms with van der Waals surface area (Å²) in [7, 11) is 0. The molecule has 0 radical (unpaired) electrons. The molecule has 0 saturated heterocycles. The first-order chi connectivity index (χ1) is 13.5. The number of rotatable bonds is 4. The van der Waals surface area contributed by atoms with Crippen LogP contribution in [0.15, 0.2) is 18.2 Å². The smallest absolute Gasteiger partial charge is 0.310 e. The average molecular weight is 385 g/mol. The lowest BCUT2D eigenvalue weighted by atomic mass is 9.55. The summed E-state index contributed by atoms with van der Waals surface area (Å²) in [6.07, 6.45) is 7.61. The van der Waals surface area contributed by atoms with E-state index in [0.717, 1.165) is 25.7 Å². The SMILES string of the molecule is CCC(=O)Oc1ccc2c(c1)CC[C@@H]1[C@H]3CC[C@H](OC(=O)CC)[C@@]3(C)CC[C@@H]21. The van der Waals surface area contributed by atoms with E-state index in [1.165, 1.54) is 24.0 Å². The van der Waals surface area contributed by atoms with Crippen LogP contribution in [0.25, 0.3) is 0 Å². The van der Waals surface area contributed by atoms with Crippen molar-refractivity contribution in [3.05, 3.63) is 29.3 Å². The molecule has 1 aromatic rings. The van der Waals surface area contributed by atoms with Gasteiger partial charge in [0.1, 0.15) is 11.9 Å². The Morgan fingerprint density at radius 2 is 1.86 bits per heavy atom. The molecule has 4 rings (SSSR count). The first kappa shape index (κ1) is 19.5. The fraction of sp³-hybridized carbons (Fsp3) is 0.667. The molecule has 4 nitrogen and oxygen atoms in total. The van der Waals surface area contributed by atoms with Crippen molar-refractivity contribution >= 4 is 11.9 Å². The molecule has 0 aliphatic heterocycles. The Labute approximate surface area is 168 Å². The van der Waals surface area contributed by atoms with Gasteiger partial charge in [-0.15, -0.1) is 0 Å². The van der Waals surface area contributed by atoms with Crippen LogP contribution in [-0.2, 0) is 20.7 Å². The highest BCUT2D eigenvalue weighted by molar-refractivity contribution is 5.72. The number of carbonyl (C=O) groups excluding carboxylic acids is 2. The van der Waals surface area contributed by atoms with E-state index in [0.29, 0.717) is 36.3 Å². The van der Waals surface area contributed by atoms with Crippen molar-refractivity contribution in [2.24, 2.45) is 17.3 Å². The highest BCUT2D eigenvalue weighted by Gasteiger charge is 2.56. The number of hydrogen-bond donors (Lipinski definition) is 0. The molecule has 2 fully saturated rings. The minimum Gasteiger partial charge on any atom is -0.462 e. The van der Waals surface area contributed by atoms with Gasteiger partial charge in [-0.1, -0.05) is 26.8 Å². The van der Waals surface area contributed by atoms with Crippen LogP contribution in [-0.4, -0.2) is 18.0 Å². The van der Waals surface area contributed by atoms with Crippen molar-refractivity contribution < 1.29 is 19.1 Å². The second-order valence-electron chi connectivity index (χ2n) is 9.06. The third kappa shape index (κ3) is 3.25. The second kappa shape index (κ2) is 7.53. The maximum Gasteiger partial charge on any atom is 0.310 e. The minimum absolute atomic E-state index is 0.0582. The second-order valence-corrected chi connectivity index (χ2v) is 9.06. The quantitative estimate of drug-likeness (QED) is 0.530. The van der Waals surface area contributed by atoms with E-state index in [9.17, 15) is 9.59 Å². The van der Waals surface area contributed by atoms with E-state index in [-0.39, 0.29) is 23.5 Å². The summed E-state index contributed by atoms with van der Waals surface area (Å²) in [5.41, 5.74) is 2.92. The summed E-state index contributed by atoms with van der Waals surface area (Å²) >= 11 is 0. The highest BCUT2D eigenvalue weighted by Crippen LogP contribution is 2.61. The fourth-order valence-corrected chi connectivity index (χ4v) is 6.21. The molecule has 2 saturated carbocycles. The van der Waals surface area contributed by atoms with Gasteiger partial charge < -0.3 is 9.47 Å². The molecule has 0 N–H and O–H groups in total. The first-order valence-electron chi connectivity index (χ1n) is 11.0. The van der Waals surface area contributed by atoms with Crippen molar-refractivity contribution in [2.75, 3.05) is 0 Å². The predicted octanol–water partition coefficient (Wildman–Crippen LogP) is 5.18. The zero-order chi connectivity index (χ0) is 19.9. The number of esters is 2. The van der Waals surface area contributed by atoms with E-state index in [1.807, 2.05) is 19.9 Å². The Bertz CT molecular complexity index is 770. The van der Waals surface area contributed by atoms with Gasteiger partial charge in [0.15, 0.2) is 0 Å². The molecule has 0 aromatic heterocycles. The topological polar surface area (TPSA) is 52.6 Å². The number of carbonyl (C=O) groups is 2. The average Bonchev–Trinajstić information content (AvgIpc) is 3.03. The molecule has 0 heterocycles. The molecule has 3 aliphatic carbocycles. The molecule has 1 aromatic carbocycles. The number of fused-ring (bicyclic) bond motifs is 5. The maximum absolute atomic E-state index is 11.9. The monoisotopic (exact) mass is 384 g/mol. The minimum atomic E-state index is -0.180. The Hall–Kier alpha value is -1.84. The van der Waals surface area contributed by atoms with E-state index < -0.39 is 0 Å². The first-order valence-corrected chi connectivity index (χ1v) is 11.0. The van der Waals surface area contributed by atoms with E-state index in [2.05, 4.69) is 19.1 Å². The highest BCUT2D eigenvalue weighted by atomic mass is 16.5. The zero-order valence-corrected chi connectivity index (χ0v) is 17.3. The Kier molecular flexibility index (Phi) is 5.24. The van der Waals surface area contributed by atoms with E-state index in [4.69, 9.17) is 9.47 Å². The van der Waals surface area contributed by atoms with Gasteiger partial charge in [0.25, 0.3) is 0 Å². The van der Waals surface area contributed by atoms with E-state index in [1.54, 1.807) is 0 Å². The lowest BCUT2D eigenvalue weighted by molar-refractivity contribution is -0.157. The summed E-state index contributed by atoms with van der Waals surface area (Å²) in [6, 6.07) is 6.23. The summed E-state index contributed by atoms with van der Waals surface area (Å²) in [5, 5.41) is 0. The number of benzene rings is 1. The molecule has 5 atom stereocenters. The Morgan fingerprint density at radius 3 is 2.61 bits per heavy atom. The molecule has 0 bridgehead atoms. The van der Waals surface area contributed by atoms with Crippen LogP contribution >= 0.6 is 0 Å². The Balaban J connectivity index is 1.54. The molecule has 3 aliphatic rings. The molecule has 4 heteroatoms. The number of hydrogen-bond acceptors (Lipinski definition) is 4. The van der Waals surface area contributed by atoms with Crippen LogP contribution in [0.4, 0.5) is 0 Å². The molecule has 0 spiro atoms. The largest absolute Gasteiger partial charge is 0.462 e. The van der Waals surface area contributed by atoms with Gasteiger partial charge in [0, 0.05) is 18.3 Å². The van der Waals surface area contributed by atoms with Gasteiger partial charge in [-0.3, -0.25) is 9.59 Å². The maximum atomic E-state index is 11.9. The van der Waals surface area contributed by atoms with Crippen molar-refractivity contribution in [2.45, 2.75) is 84.2 Å². The predicted molar refractivity (Wildman–Crippen MR) is 107 cm³/mol. The number of aryl methyl sites for hydroxylation is 1. The lowest BCUT2D eigenvalue weighted by Gasteiger charge is -2.50. The van der Waals surface area contributed by atoms with Gasteiger partial charge in [0.2, 0.25) is 0 Å². The van der Waals surface area contributed by atoms with E-state index >= 15 is 0 Å². The summed E-state index contributed by atoms with van der Waals surface area (Å²) < 4.78 is 11.3. The van der Waals surface area contributed by atoms with Crippen LogP contribution < -0.4 is 4.74 Å². The third-order valence-electron chi connectivity index (χ3n) is 7.69. The molecule has 0 unspecified atom stereocenters. The standard InChI is InChI=1S/C24H32O4/c1-4-22(25)27-16-7-9-17-15(14-16)6-8-19-18(17)12-13-24(3)20(19)10-11-21(24)28-23(26)5-2/h7,9,14,18-21H,4-6,8,10-13H2,1-3H3/t18-,19-,20+,21-,24-/m0/s1. The zero-order valence-electron chi connectivity index (χ0n) is 17.3. The van der Waals surface area contributed by atoms with Crippen LogP contribution in [0, 0.1) is 17.3 Å². The third-order valence-corrected chi connectivity index (χ3v) is 7.69. The van der Waals surface area contributed by atoms with Crippen LogP contribution in [0.5, 0.6) is 5.75 Å². The van der Waals surface area contributed by atoms with Gasteiger partial charge in [0.05, 0.1) is 0 Å². The number of ether oxygens (including phenoxy) is 2. The van der Waals surface area contributed by atoms with Gasteiger partial charge in [-0.05, 0) is 79.5 Å². The van der Waals surface area contributed by atoms with Crippen molar-refractivity contribution in [3.63, 3.8) is 0 Å². The summed E-state index contributed by atoms with van der Waals surface area (Å²) in [5.74, 6) is 2.32. The molecular weight excluding hydrogens is 352 g/mol. The summed E-state index contributed by atoms with van der Waals surface area (Å²) in [4.78, 5) is 23.5. The normalized spacial score (nSPS) is 33.4. The van der Waals surface area contributed by atoms with Crippen LogP contribution in [0.3, 0.4) is 0 Å². The molecule has 0 amide bonds. The van der Waals surface area contributed by atoms with Crippen molar-refractivity contribution in [1.82, 2.24) is 0 Å². The van der Waals surface area contributed by atoms with Gasteiger partial charge in [-0.25, -0.2) is 0 Å². The van der Waals surface area contributed by atoms with Crippen molar-refractivity contribution in [1.29, 1.82) is 0 Å². The van der Waals surface area contributed by atoms with Gasteiger partial charge in [-0.2, -0.15) is 0 Å². The van der Waals surface area contributed by atoms with Crippen LogP contribution in [0.1, 0.15) is 82.8 Å². The van der Waals surface area contributed by atoms with Crippen molar-refractivity contribution in [3.8, 4) is 5.75 Å². The molecule has 28 heavy (non-hydrogen) atoms. The molecular formula is C24H32O4. The van der Waals surface area contributed by atoms with Gasteiger partial charge >= 0.3 is 11.9 Å².